The Balaban J connectivity index is 1.52. The number of rotatable bonds is 4. The second-order valence-electron chi connectivity index (χ2n) is 5.84. The highest BCUT2D eigenvalue weighted by molar-refractivity contribution is 8.19. The predicted molar refractivity (Wildman–Crippen MR) is 104 cm³/mol. The number of ether oxygens (including phenoxy) is 2. The summed E-state index contributed by atoms with van der Waals surface area (Å²) in [6.45, 7) is 1.05. The van der Waals surface area contributed by atoms with Crippen molar-refractivity contribution < 1.29 is 22.1 Å². The van der Waals surface area contributed by atoms with Gasteiger partial charge in [-0.15, -0.1) is 23.5 Å². The second kappa shape index (κ2) is 7.62. The summed E-state index contributed by atoms with van der Waals surface area (Å²) in [6.07, 6.45) is 0.761. The Hall–Kier alpha value is -1.51. The summed E-state index contributed by atoms with van der Waals surface area (Å²) in [7, 11) is -3.94. The minimum absolute atomic E-state index is 0.0488. The molecule has 138 valence electrons. The third-order valence-electron chi connectivity index (χ3n) is 3.99. The van der Waals surface area contributed by atoms with Gasteiger partial charge < -0.3 is 13.7 Å². The first-order valence-corrected chi connectivity index (χ1v) is 11.8. The Bertz CT molecular complexity index is 874. The van der Waals surface area contributed by atoms with Gasteiger partial charge in [-0.2, -0.15) is 8.42 Å². The fourth-order valence-electron chi connectivity index (χ4n) is 2.71. The van der Waals surface area contributed by atoms with Crippen molar-refractivity contribution in [2.45, 2.75) is 15.9 Å². The maximum atomic E-state index is 12.6. The zero-order valence-electron chi connectivity index (χ0n) is 13.9. The lowest BCUT2D eigenvalue weighted by molar-refractivity contribution is 0.296. The molecule has 8 heteroatoms. The standard InChI is InChI=1S/C18H18O5S3/c19-26(20,15-6-7-16-17(12-15)22-9-1-8-21-16)23-14-4-2-13(3-5-14)18-24-10-11-25-18/h2-7,12,18H,1,8-11H2. The van der Waals surface area contributed by atoms with Gasteiger partial charge in [0.25, 0.3) is 0 Å². The van der Waals surface area contributed by atoms with E-state index < -0.39 is 10.1 Å². The van der Waals surface area contributed by atoms with Crippen LogP contribution < -0.4 is 13.7 Å². The average Bonchev–Trinajstić information content (AvgIpc) is 3.07. The van der Waals surface area contributed by atoms with Crippen molar-refractivity contribution in [3.63, 3.8) is 0 Å². The molecule has 5 nitrogen and oxygen atoms in total. The first-order valence-electron chi connectivity index (χ1n) is 8.29. The molecule has 2 aromatic rings. The van der Waals surface area contributed by atoms with Crippen LogP contribution >= 0.6 is 23.5 Å². The lowest BCUT2D eigenvalue weighted by Crippen LogP contribution is -2.10. The molecule has 0 aromatic heterocycles. The van der Waals surface area contributed by atoms with Crippen LogP contribution in [0, 0.1) is 0 Å². The minimum Gasteiger partial charge on any atom is -0.490 e. The number of hydrogen-bond acceptors (Lipinski definition) is 7. The SMILES string of the molecule is O=S(=O)(Oc1ccc(C2SCCS2)cc1)c1ccc2c(c1)OCCCO2. The summed E-state index contributed by atoms with van der Waals surface area (Å²) >= 11 is 3.81. The van der Waals surface area contributed by atoms with Crippen molar-refractivity contribution >= 4 is 33.6 Å². The fourth-order valence-corrected chi connectivity index (χ4v) is 6.51. The molecule has 0 radical (unpaired) electrons. The Morgan fingerprint density at radius 3 is 2.35 bits per heavy atom. The molecule has 1 fully saturated rings. The summed E-state index contributed by atoms with van der Waals surface area (Å²) in [5.74, 6) is 3.57. The van der Waals surface area contributed by atoms with Gasteiger partial charge in [-0.1, -0.05) is 12.1 Å². The van der Waals surface area contributed by atoms with Crippen LogP contribution in [0.5, 0.6) is 17.2 Å². The molecule has 2 aliphatic rings. The summed E-state index contributed by atoms with van der Waals surface area (Å²) < 4.78 is 42.0. The van der Waals surface area contributed by atoms with Gasteiger partial charge in [0.2, 0.25) is 0 Å². The van der Waals surface area contributed by atoms with E-state index in [0.29, 0.717) is 35.0 Å². The van der Waals surface area contributed by atoms with Gasteiger partial charge >= 0.3 is 10.1 Å². The van der Waals surface area contributed by atoms with Crippen molar-refractivity contribution in [2.75, 3.05) is 24.7 Å². The maximum Gasteiger partial charge on any atom is 0.339 e. The quantitative estimate of drug-likeness (QED) is 0.704. The first kappa shape index (κ1) is 17.9. The summed E-state index contributed by atoms with van der Waals surface area (Å²) in [5.41, 5.74) is 1.18. The topological polar surface area (TPSA) is 61.8 Å². The fraction of sp³-hybridized carbons (Fsp3) is 0.333. The smallest absolute Gasteiger partial charge is 0.339 e. The van der Waals surface area contributed by atoms with Gasteiger partial charge in [-0.3, -0.25) is 0 Å². The molecular weight excluding hydrogens is 392 g/mol. The number of benzene rings is 2. The van der Waals surface area contributed by atoms with E-state index in [4.69, 9.17) is 13.7 Å². The maximum absolute atomic E-state index is 12.6. The number of thioether (sulfide) groups is 2. The molecule has 1 saturated heterocycles. The normalized spacial score (nSPS) is 17.7. The molecule has 0 saturated carbocycles. The van der Waals surface area contributed by atoms with Gasteiger partial charge in [-0.25, -0.2) is 0 Å². The van der Waals surface area contributed by atoms with E-state index in [0.717, 1.165) is 17.9 Å². The zero-order chi connectivity index (χ0) is 18.0. The molecule has 2 heterocycles. The van der Waals surface area contributed by atoms with Crippen molar-refractivity contribution in [3.8, 4) is 17.2 Å². The van der Waals surface area contributed by atoms with Crippen LogP contribution in [0.4, 0.5) is 0 Å². The van der Waals surface area contributed by atoms with Crippen LogP contribution in [-0.2, 0) is 10.1 Å². The van der Waals surface area contributed by atoms with Crippen LogP contribution in [0.25, 0.3) is 0 Å². The summed E-state index contributed by atoms with van der Waals surface area (Å²) in [4.78, 5) is 0.0488. The van der Waals surface area contributed by atoms with Gasteiger partial charge in [0.05, 0.1) is 17.8 Å². The van der Waals surface area contributed by atoms with E-state index in [1.54, 1.807) is 18.2 Å². The molecular formula is C18H18O5S3. The molecule has 0 bridgehead atoms. The van der Waals surface area contributed by atoms with Gasteiger partial charge in [0, 0.05) is 24.0 Å². The Morgan fingerprint density at radius 1 is 0.923 bits per heavy atom. The van der Waals surface area contributed by atoms with Crippen LogP contribution in [0.3, 0.4) is 0 Å². The largest absolute Gasteiger partial charge is 0.490 e. The van der Waals surface area contributed by atoms with Crippen molar-refractivity contribution in [2.24, 2.45) is 0 Å². The highest BCUT2D eigenvalue weighted by Crippen LogP contribution is 2.45. The zero-order valence-corrected chi connectivity index (χ0v) is 16.4. The molecule has 0 N–H and O–H groups in total. The Labute approximate surface area is 161 Å². The van der Waals surface area contributed by atoms with E-state index in [-0.39, 0.29) is 4.90 Å². The predicted octanol–water partition coefficient (Wildman–Crippen LogP) is 4.09. The Morgan fingerprint density at radius 2 is 1.62 bits per heavy atom. The number of fused-ring (bicyclic) bond motifs is 1. The van der Waals surface area contributed by atoms with Crippen molar-refractivity contribution in [1.82, 2.24) is 0 Å². The molecule has 4 rings (SSSR count). The highest BCUT2D eigenvalue weighted by Gasteiger charge is 2.22. The van der Waals surface area contributed by atoms with E-state index in [1.165, 1.54) is 17.7 Å². The summed E-state index contributed by atoms with van der Waals surface area (Å²) in [5, 5.41) is 0. The van der Waals surface area contributed by atoms with Crippen LogP contribution in [-0.4, -0.2) is 33.1 Å². The molecule has 0 spiro atoms. The lowest BCUT2D eigenvalue weighted by Gasteiger charge is -2.12. The van der Waals surface area contributed by atoms with E-state index in [1.807, 2.05) is 35.7 Å². The van der Waals surface area contributed by atoms with Crippen molar-refractivity contribution in [1.29, 1.82) is 0 Å². The van der Waals surface area contributed by atoms with E-state index in [9.17, 15) is 8.42 Å². The molecule has 2 aliphatic heterocycles. The average molecular weight is 411 g/mol. The summed E-state index contributed by atoms with van der Waals surface area (Å²) in [6, 6.07) is 11.8. The van der Waals surface area contributed by atoms with Crippen LogP contribution in [0.2, 0.25) is 0 Å². The van der Waals surface area contributed by atoms with Crippen LogP contribution in [0.15, 0.2) is 47.4 Å². The lowest BCUT2D eigenvalue weighted by atomic mass is 10.2. The number of hydrogen-bond donors (Lipinski definition) is 0. The molecule has 0 aliphatic carbocycles. The highest BCUT2D eigenvalue weighted by atomic mass is 32.2. The van der Waals surface area contributed by atoms with E-state index >= 15 is 0 Å². The third kappa shape index (κ3) is 3.92. The third-order valence-corrected chi connectivity index (χ3v) is 8.34. The monoisotopic (exact) mass is 410 g/mol. The van der Waals surface area contributed by atoms with Gasteiger partial charge in [0.15, 0.2) is 11.5 Å². The van der Waals surface area contributed by atoms with Crippen molar-refractivity contribution in [3.05, 3.63) is 48.0 Å². The minimum atomic E-state index is -3.94. The van der Waals surface area contributed by atoms with Gasteiger partial charge in [-0.05, 0) is 29.8 Å². The Kier molecular flexibility index (Phi) is 5.24. The second-order valence-corrected chi connectivity index (χ2v) is 10.1. The molecule has 2 aromatic carbocycles. The molecule has 0 unspecified atom stereocenters. The molecule has 0 atom stereocenters. The molecule has 0 amide bonds. The first-order chi connectivity index (χ1) is 12.6. The van der Waals surface area contributed by atoms with Gasteiger partial charge in [0.1, 0.15) is 10.6 Å². The van der Waals surface area contributed by atoms with Crippen LogP contribution in [0.1, 0.15) is 16.6 Å². The molecule has 26 heavy (non-hydrogen) atoms. The van der Waals surface area contributed by atoms with E-state index in [2.05, 4.69) is 0 Å².